The predicted molar refractivity (Wildman–Crippen MR) is 132 cm³/mol. The zero-order chi connectivity index (χ0) is 25.4. The van der Waals surface area contributed by atoms with E-state index in [-0.39, 0.29) is 23.1 Å². The zero-order valence-corrected chi connectivity index (χ0v) is 21.4. The third-order valence-corrected chi connectivity index (χ3v) is 6.36. The van der Waals surface area contributed by atoms with E-state index in [1.165, 1.54) is 11.3 Å². The number of anilines is 1. The molecule has 0 bridgehead atoms. The molecule has 1 atom stereocenters. The Morgan fingerprint density at radius 2 is 1.76 bits per heavy atom. The van der Waals surface area contributed by atoms with Gasteiger partial charge in [0.25, 0.3) is 11.8 Å². The van der Waals surface area contributed by atoms with Gasteiger partial charge in [-0.15, -0.1) is 11.3 Å². The lowest BCUT2D eigenvalue weighted by atomic mass is 10.0. The number of aryl methyl sites for hydroxylation is 1. The molecule has 1 aromatic heterocycles. The first kappa shape index (κ1) is 27.3. The fourth-order valence-corrected chi connectivity index (χ4v) is 4.63. The Morgan fingerprint density at radius 1 is 1.09 bits per heavy atom. The van der Waals surface area contributed by atoms with Gasteiger partial charge < -0.3 is 20.1 Å². The van der Waals surface area contributed by atoms with Crippen molar-refractivity contribution in [2.24, 2.45) is 5.92 Å². The number of hydrogen-bond acceptors (Lipinski definition) is 7. The summed E-state index contributed by atoms with van der Waals surface area (Å²) in [7, 11) is 0. The van der Waals surface area contributed by atoms with Gasteiger partial charge in [0.1, 0.15) is 11.0 Å². The van der Waals surface area contributed by atoms with E-state index in [0.717, 1.165) is 10.4 Å². The standard InChI is InChI=1S/C24H29ClN2O6S/c1-6-15-14(5)34-22(19(15)23(30)32-7-2)26-18(28)12-33-24(31)20(13(3)4)27-21(29)16-10-8-9-11-17(16)25/h8-11,13,20H,6-7,12H2,1-5H3,(H,26,28)(H,27,29). The van der Waals surface area contributed by atoms with E-state index in [1.54, 1.807) is 45.0 Å². The van der Waals surface area contributed by atoms with Crippen molar-refractivity contribution in [2.75, 3.05) is 18.5 Å². The van der Waals surface area contributed by atoms with E-state index in [9.17, 15) is 19.2 Å². The van der Waals surface area contributed by atoms with Crippen LogP contribution in [0, 0.1) is 12.8 Å². The van der Waals surface area contributed by atoms with Gasteiger partial charge in [-0.2, -0.15) is 0 Å². The Balaban J connectivity index is 2.06. The minimum atomic E-state index is -0.984. The van der Waals surface area contributed by atoms with Crippen molar-refractivity contribution in [1.82, 2.24) is 5.32 Å². The highest BCUT2D eigenvalue weighted by atomic mass is 35.5. The van der Waals surface area contributed by atoms with Gasteiger partial charge in [0.2, 0.25) is 0 Å². The van der Waals surface area contributed by atoms with Gasteiger partial charge in [-0.3, -0.25) is 9.59 Å². The van der Waals surface area contributed by atoms with Gasteiger partial charge >= 0.3 is 11.9 Å². The number of esters is 2. The van der Waals surface area contributed by atoms with Crippen LogP contribution in [0.25, 0.3) is 0 Å². The first-order valence-corrected chi connectivity index (χ1v) is 12.1. The van der Waals surface area contributed by atoms with Crippen molar-refractivity contribution in [3.63, 3.8) is 0 Å². The van der Waals surface area contributed by atoms with E-state index in [2.05, 4.69) is 10.6 Å². The number of hydrogen-bond donors (Lipinski definition) is 2. The second-order valence-electron chi connectivity index (χ2n) is 7.75. The number of benzene rings is 1. The second-order valence-corrected chi connectivity index (χ2v) is 9.38. The molecule has 2 rings (SSSR count). The summed E-state index contributed by atoms with van der Waals surface area (Å²) in [6, 6.07) is 5.49. The molecular formula is C24H29ClN2O6S. The zero-order valence-electron chi connectivity index (χ0n) is 19.8. The predicted octanol–water partition coefficient (Wildman–Crippen LogP) is 4.39. The van der Waals surface area contributed by atoms with Crippen LogP contribution in [0.5, 0.6) is 0 Å². The van der Waals surface area contributed by atoms with E-state index >= 15 is 0 Å². The van der Waals surface area contributed by atoms with Gasteiger partial charge in [0.15, 0.2) is 6.61 Å². The molecule has 0 saturated carbocycles. The lowest BCUT2D eigenvalue weighted by Crippen LogP contribution is -2.46. The molecule has 0 aliphatic carbocycles. The minimum Gasteiger partial charge on any atom is -0.462 e. The van der Waals surface area contributed by atoms with E-state index < -0.39 is 36.4 Å². The molecule has 34 heavy (non-hydrogen) atoms. The smallest absolute Gasteiger partial charge is 0.341 e. The van der Waals surface area contributed by atoms with Gasteiger partial charge in [-0.25, -0.2) is 9.59 Å². The molecule has 8 nitrogen and oxygen atoms in total. The second kappa shape index (κ2) is 12.5. The van der Waals surface area contributed by atoms with Crippen LogP contribution in [-0.2, 0) is 25.5 Å². The molecule has 0 saturated heterocycles. The summed E-state index contributed by atoms with van der Waals surface area (Å²) in [6.07, 6.45) is 0.600. The van der Waals surface area contributed by atoms with Crippen LogP contribution in [0.1, 0.15) is 58.9 Å². The third-order valence-electron chi connectivity index (χ3n) is 4.97. The Bertz CT molecular complexity index is 1070. The van der Waals surface area contributed by atoms with Crippen LogP contribution in [0.4, 0.5) is 5.00 Å². The molecule has 1 aromatic carbocycles. The average Bonchev–Trinajstić information content (AvgIpc) is 3.10. The number of amides is 2. The minimum absolute atomic E-state index is 0.207. The normalized spacial score (nSPS) is 11.6. The molecule has 2 N–H and O–H groups in total. The van der Waals surface area contributed by atoms with Gasteiger partial charge in [-0.1, -0.05) is 44.5 Å². The molecule has 2 amide bonds. The van der Waals surface area contributed by atoms with Crippen LogP contribution >= 0.6 is 22.9 Å². The van der Waals surface area contributed by atoms with Crippen molar-refractivity contribution in [3.05, 3.63) is 50.9 Å². The number of halogens is 1. The summed E-state index contributed by atoms with van der Waals surface area (Å²) >= 11 is 7.32. The lowest BCUT2D eigenvalue weighted by Gasteiger charge is -2.21. The highest BCUT2D eigenvalue weighted by Crippen LogP contribution is 2.34. The van der Waals surface area contributed by atoms with Crippen LogP contribution < -0.4 is 10.6 Å². The molecule has 0 radical (unpaired) electrons. The molecule has 0 fully saturated rings. The summed E-state index contributed by atoms with van der Waals surface area (Å²) in [6.45, 7) is 8.58. The van der Waals surface area contributed by atoms with Crippen molar-refractivity contribution in [1.29, 1.82) is 0 Å². The number of ether oxygens (including phenoxy) is 2. The fraction of sp³-hybridized carbons (Fsp3) is 0.417. The van der Waals surface area contributed by atoms with Crippen molar-refractivity contribution in [2.45, 2.75) is 47.1 Å². The molecule has 10 heteroatoms. The number of thiophene rings is 1. The van der Waals surface area contributed by atoms with E-state index in [4.69, 9.17) is 21.1 Å². The van der Waals surface area contributed by atoms with Crippen LogP contribution in [0.2, 0.25) is 5.02 Å². The largest absolute Gasteiger partial charge is 0.462 e. The number of carbonyl (C=O) groups excluding carboxylic acids is 4. The maximum atomic E-state index is 12.6. The van der Waals surface area contributed by atoms with Crippen molar-refractivity contribution < 1.29 is 28.7 Å². The topological polar surface area (TPSA) is 111 Å². The van der Waals surface area contributed by atoms with E-state index in [1.807, 2.05) is 13.8 Å². The Labute approximate surface area is 208 Å². The summed E-state index contributed by atoms with van der Waals surface area (Å²) in [5.41, 5.74) is 1.35. The number of rotatable bonds is 10. The maximum absolute atomic E-state index is 12.6. The average molecular weight is 509 g/mol. The monoisotopic (exact) mass is 508 g/mol. The molecule has 1 heterocycles. The fourth-order valence-electron chi connectivity index (χ4n) is 3.26. The summed E-state index contributed by atoms with van der Waals surface area (Å²) in [4.78, 5) is 51.0. The Kier molecular flexibility index (Phi) is 10.1. The molecule has 0 aliphatic heterocycles. The first-order valence-electron chi connectivity index (χ1n) is 10.9. The first-order chi connectivity index (χ1) is 16.1. The summed E-state index contributed by atoms with van der Waals surface area (Å²) in [5.74, 6) is -2.70. The maximum Gasteiger partial charge on any atom is 0.341 e. The van der Waals surface area contributed by atoms with Crippen molar-refractivity contribution in [3.8, 4) is 0 Å². The molecule has 1 unspecified atom stereocenters. The van der Waals surface area contributed by atoms with Crippen molar-refractivity contribution >= 4 is 51.7 Å². The highest BCUT2D eigenvalue weighted by molar-refractivity contribution is 7.16. The number of carbonyl (C=O) groups is 4. The van der Waals surface area contributed by atoms with Crippen LogP contribution in [0.3, 0.4) is 0 Å². The summed E-state index contributed by atoms with van der Waals surface area (Å²) < 4.78 is 10.3. The quantitative estimate of drug-likeness (QED) is 0.460. The lowest BCUT2D eigenvalue weighted by molar-refractivity contribution is -0.150. The Hall–Kier alpha value is -2.91. The Morgan fingerprint density at radius 3 is 2.35 bits per heavy atom. The van der Waals surface area contributed by atoms with Gasteiger partial charge in [0.05, 0.1) is 22.8 Å². The van der Waals surface area contributed by atoms with Gasteiger partial charge in [-0.05, 0) is 43.9 Å². The SMILES string of the molecule is CCOC(=O)c1c(NC(=O)COC(=O)C(NC(=O)c2ccccc2Cl)C(C)C)sc(C)c1CC. The highest BCUT2D eigenvalue weighted by Gasteiger charge is 2.28. The van der Waals surface area contributed by atoms with Gasteiger partial charge in [0, 0.05) is 4.88 Å². The molecule has 2 aromatic rings. The molecule has 184 valence electrons. The molecule has 0 spiro atoms. The number of nitrogens with one attached hydrogen (secondary N) is 2. The van der Waals surface area contributed by atoms with Crippen LogP contribution in [0.15, 0.2) is 24.3 Å². The molecular weight excluding hydrogens is 480 g/mol. The van der Waals surface area contributed by atoms with Crippen LogP contribution in [-0.4, -0.2) is 43.0 Å². The summed E-state index contributed by atoms with van der Waals surface area (Å²) in [5, 5.41) is 5.86. The van der Waals surface area contributed by atoms with E-state index in [0.29, 0.717) is 17.0 Å². The third kappa shape index (κ3) is 6.80. The molecule has 0 aliphatic rings.